The third-order valence-corrected chi connectivity index (χ3v) is 4.60. The van der Waals surface area contributed by atoms with Crippen LogP contribution in [0.2, 0.25) is 0 Å². The van der Waals surface area contributed by atoms with E-state index < -0.39 is 0 Å². The molecular weight excluding hydrogens is 322 g/mol. The van der Waals surface area contributed by atoms with E-state index in [1.165, 1.54) is 11.8 Å². The standard InChI is InChI=1S/C17H17N5OS/c1-21(14-8-4-3-5-9-14)15(23)12-24-17-20-19-16(22(17)2)13-7-6-10-18-11-13/h3-11H,12H2,1-2H3. The van der Waals surface area contributed by atoms with E-state index in [1.807, 2.05) is 54.1 Å². The van der Waals surface area contributed by atoms with Crippen molar-refractivity contribution in [1.82, 2.24) is 19.7 Å². The fraction of sp³-hybridized carbons (Fsp3) is 0.176. The van der Waals surface area contributed by atoms with Crippen LogP contribution in [-0.2, 0) is 11.8 Å². The van der Waals surface area contributed by atoms with Crippen LogP contribution in [0.5, 0.6) is 0 Å². The predicted octanol–water partition coefficient (Wildman–Crippen LogP) is 2.63. The highest BCUT2D eigenvalue weighted by molar-refractivity contribution is 7.99. The van der Waals surface area contributed by atoms with E-state index >= 15 is 0 Å². The quantitative estimate of drug-likeness (QED) is 0.669. The van der Waals surface area contributed by atoms with Gasteiger partial charge in [-0.05, 0) is 24.3 Å². The molecule has 0 unspecified atom stereocenters. The first-order chi connectivity index (χ1) is 11.7. The lowest BCUT2D eigenvalue weighted by atomic mass is 10.3. The zero-order valence-corrected chi connectivity index (χ0v) is 14.3. The van der Waals surface area contributed by atoms with Crippen LogP contribution in [0.25, 0.3) is 11.4 Å². The first-order valence-electron chi connectivity index (χ1n) is 7.41. The fourth-order valence-corrected chi connectivity index (χ4v) is 3.03. The van der Waals surface area contributed by atoms with E-state index in [4.69, 9.17) is 0 Å². The number of hydrogen-bond acceptors (Lipinski definition) is 5. The molecule has 1 amide bonds. The lowest BCUT2D eigenvalue weighted by molar-refractivity contribution is -0.115. The topological polar surface area (TPSA) is 63.9 Å². The summed E-state index contributed by atoms with van der Waals surface area (Å²) in [5.41, 5.74) is 1.77. The molecule has 24 heavy (non-hydrogen) atoms. The highest BCUT2D eigenvalue weighted by atomic mass is 32.2. The maximum atomic E-state index is 12.3. The molecule has 0 aliphatic rings. The summed E-state index contributed by atoms with van der Waals surface area (Å²) in [4.78, 5) is 18.1. The van der Waals surface area contributed by atoms with Gasteiger partial charge in [-0.15, -0.1) is 10.2 Å². The van der Waals surface area contributed by atoms with Gasteiger partial charge in [-0.25, -0.2) is 0 Å². The molecule has 7 heteroatoms. The summed E-state index contributed by atoms with van der Waals surface area (Å²) < 4.78 is 1.87. The summed E-state index contributed by atoms with van der Waals surface area (Å²) >= 11 is 1.37. The van der Waals surface area contributed by atoms with Crippen LogP contribution in [0.1, 0.15) is 0 Å². The van der Waals surface area contributed by atoms with Gasteiger partial charge in [-0.2, -0.15) is 0 Å². The molecule has 0 radical (unpaired) electrons. The Morgan fingerprint density at radius 3 is 2.67 bits per heavy atom. The highest BCUT2D eigenvalue weighted by Crippen LogP contribution is 2.22. The number of anilines is 1. The average molecular weight is 339 g/mol. The van der Waals surface area contributed by atoms with Gasteiger partial charge in [0.15, 0.2) is 11.0 Å². The molecule has 0 fully saturated rings. The molecule has 0 N–H and O–H groups in total. The average Bonchev–Trinajstić information content (AvgIpc) is 3.01. The fourth-order valence-electron chi connectivity index (χ4n) is 2.21. The largest absolute Gasteiger partial charge is 0.315 e. The van der Waals surface area contributed by atoms with E-state index in [1.54, 1.807) is 24.3 Å². The Kier molecular flexibility index (Phi) is 4.90. The first kappa shape index (κ1) is 16.2. The van der Waals surface area contributed by atoms with Crippen molar-refractivity contribution in [3.8, 4) is 11.4 Å². The second-order valence-electron chi connectivity index (χ2n) is 5.18. The molecule has 0 saturated carbocycles. The Morgan fingerprint density at radius 1 is 1.17 bits per heavy atom. The molecule has 2 heterocycles. The number of rotatable bonds is 5. The smallest absolute Gasteiger partial charge is 0.237 e. The highest BCUT2D eigenvalue weighted by Gasteiger charge is 2.15. The molecule has 0 spiro atoms. The summed E-state index contributed by atoms with van der Waals surface area (Å²) in [6.45, 7) is 0. The summed E-state index contributed by atoms with van der Waals surface area (Å²) in [5, 5.41) is 9.07. The Balaban J connectivity index is 1.67. The maximum absolute atomic E-state index is 12.3. The second-order valence-corrected chi connectivity index (χ2v) is 6.13. The van der Waals surface area contributed by atoms with Gasteiger partial charge >= 0.3 is 0 Å². The van der Waals surface area contributed by atoms with E-state index in [9.17, 15) is 4.79 Å². The van der Waals surface area contributed by atoms with Crippen LogP contribution in [0.3, 0.4) is 0 Å². The zero-order chi connectivity index (χ0) is 16.9. The number of thioether (sulfide) groups is 1. The second kappa shape index (κ2) is 7.27. The molecule has 122 valence electrons. The van der Waals surface area contributed by atoms with Crippen LogP contribution in [0.4, 0.5) is 5.69 Å². The van der Waals surface area contributed by atoms with E-state index in [0.717, 1.165) is 17.1 Å². The molecule has 1 aromatic carbocycles. The van der Waals surface area contributed by atoms with Gasteiger partial charge in [-0.3, -0.25) is 9.78 Å². The number of benzene rings is 1. The summed E-state index contributed by atoms with van der Waals surface area (Å²) in [6.07, 6.45) is 3.46. The number of carbonyl (C=O) groups is 1. The van der Waals surface area contributed by atoms with Crippen molar-refractivity contribution in [2.75, 3.05) is 17.7 Å². The van der Waals surface area contributed by atoms with Gasteiger partial charge in [0, 0.05) is 37.7 Å². The van der Waals surface area contributed by atoms with Crippen LogP contribution in [-0.4, -0.2) is 38.5 Å². The molecule has 2 aromatic heterocycles. The van der Waals surface area contributed by atoms with Gasteiger partial charge in [0.25, 0.3) is 0 Å². The zero-order valence-electron chi connectivity index (χ0n) is 13.5. The molecule has 0 atom stereocenters. The van der Waals surface area contributed by atoms with Crippen molar-refractivity contribution >= 4 is 23.4 Å². The van der Waals surface area contributed by atoms with Gasteiger partial charge < -0.3 is 9.47 Å². The Morgan fingerprint density at radius 2 is 1.96 bits per heavy atom. The van der Waals surface area contributed by atoms with Gasteiger partial charge in [0.05, 0.1) is 5.75 Å². The van der Waals surface area contributed by atoms with Crippen molar-refractivity contribution < 1.29 is 4.79 Å². The van der Waals surface area contributed by atoms with Crippen molar-refractivity contribution in [2.24, 2.45) is 7.05 Å². The third-order valence-electron chi connectivity index (χ3n) is 3.60. The van der Waals surface area contributed by atoms with Crippen LogP contribution in [0, 0.1) is 0 Å². The SMILES string of the molecule is CN(C(=O)CSc1nnc(-c2cccnc2)n1C)c1ccccc1. The van der Waals surface area contributed by atoms with Crippen molar-refractivity contribution in [1.29, 1.82) is 0 Å². The van der Waals surface area contributed by atoms with E-state index in [-0.39, 0.29) is 5.91 Å². The van der Waals surface area contributed by atoms with Crippen molar-refractivity contribution in [2.45, 2.75) is 5.16 Å². The lowest BCUT2D eigenvalue weighted by Gasteiger charge is -2.16. The first-order valence-corrected chi connectivity index (χ1v) is 8.39. The Bertz CT molecular complexity index is 820. The lowest BCUT2D eigenvalue weighted by Crippen LogP contribution is -2.27. The number of aromatic nitrogens is 4. The van der Waals surface area contributed by atoms with Gasteiger partial charge in [-0.1, -0.05) is 30.0 Å². The van der Waals surface area contributed by atoms with Crippen LogP contribution >= 0.6 is 11.8 Å². The van der Waals surface area contributed by atoms with Gasteiger partial charge in [0.2, 0.25) is 5.91 Å². The summed E-state index contributed by atoms with van der Waals surface area (Å²) in [5.74, 6) is 1.04. The number of nitrogens with zero attached hydrogens (tertiary/aromatic N) is 5. The third kappa shape index (κ3) is 3.46. The predicted molar refractivity (Wildman–Crippen MR) is 94.8 cm³/mol. The Labute approximate surface area is 144 Å². The van der Waals surface area contributed by atoms with Crippen molar-refractivity contribution in [3.05, 3.63) is 54.9 Å². The Hall–Kier alpha value is -2.67. The molecule has 0 bridgehead atoms. The van der Waals surface area contributed by atoms with Crippen LogP contribution < -0.4 is 4.90 Å². The van der Waals surface area contributed by atoms with Crippen LogP contribution in [0.15, 0.2) is 60.0 Å². The number of hydrogen-bond donors (Lipinski definition) is 0. The molecule has 0 saturated heterocycles. The molecule has 0 aliphatic heterocycles. The van der Waals surface area contributed by atoms with Gasteiger partial charge in [0.1, 0.15) is 0 Å². The van der Waals surface area contributed by atoms with E-state index in [0.29, 0.717) is 10.9 Å². The minimum atomic E-state index is 0.0112. The van der Waals surface area contributed by atoms with E-state index in [2.05, 4.69) is 15.2 Å². The normalized spacial score (nSPS) is 10.6. The number of carbonyl (C=O) groups excluding carboxylic acids is 1. The minimum Gasteiger partial charge on any atom is -0.315 e. The maximum Gasteiger partial charge on any atom is 0.237 e. The molecule has 6 nitrogen and oxygen atoms in total. The summed E-state index contributed by atoms with van der Waals surface area (Å²) in [7, 11) is 3.66. The summed E-state index contributed by atoms with van der Waals surface area (Å²) in [6, 6.07) is 13.4. The number of pyridine rings is 1. The number of para-hydroxylation sites is 1. The molecule has 3 rings (SSSR count). The van der Waals surface area contributed by atoms with Crippen molar-refractivity contribution in [3.63, 3.8) is 0 Å². The molecule has 0 aliphatic carbocycles. The molecular formula is C17H17N5OS. The minimum absolute atomic E-state index is 0.0112. The monoisotopic (exact) mass is 339 g/mol. The number of amides is 1. The molecule has 3 aromatic rings.